The van der Waals surface area contributed by atoms with Crippen LogP contribution in [-0.4, -0.2) is 67.6 Å². The minimum Gasteiger partial charge on any atom is -0.382 e. The molecule has 1 atom stereocenters. The fourth-order valence-corrected chi connectivity index (χ4v) is 4.58. The molecular weight excluding hydrogens is 416 g/mol. The third-order valence-electron chi connectivity index (χ3n) is 6.29. The van der Waals surface area contributed by atoms with Crippen molar-refractivity contribution < 1.29 is 14.3 Å². The zero-order valence-corrected chi connectivity index (χ0v) is 19.4. The Morgan fingerprint density at radius 1 is 1.09 bits per heavy atom. The average molecular weight is 451 g/mol. The molecule has 2 heterocycles. The van der Waals surface area contributed by atoms with Crippen molar-refractivity contribution in [2.24, 2.45) is 0 Å². The number of ether oxygens (including phenoxy) is 1. The summed E-state index contributed by atoms with van der Waals surface area (Å²) in [6, 6.07) is 15.2. The quantitative estimate of drug-likeness (QED) is 0.513. The molecule has 2 aromatic rings. The zero-order chi connectivity index (χ0) is 23.0. The van der Waals surface area contributed by atoms with Gasteiger partial charge >= 0.3 is 0 Å². The minimum atomic E-state index is -0.274. The molecule has 0 bridgehead atoms. The number of amides is 2. The average Bonchev–Trinajstić information content (AvgIpc) is 3.44. The maximum atomic E-state index is 13.0. The first kappa shape index (κ1) is 23.3. The normalized spacial score (nSPS) is 17.9. The smallest absolute Gasteiger partial charge is 0.256 e. The summed E-state index contributed by atoms with van der Waals surface area (Å²) in [5.74, 6) is -0.0512. The van der Waals surface area contributed by atoms with E-state index >= 15 is 0 Å². The molecule has 0 aliphatic carbocycles. The molecule has 2 aromatic carbocycles. The highest BCUT2D eigenvalue weighted by Crippen LogP contribution is 2.34. The van der Waals surface area contributed by atoms with E-state index in [0.717, 1.165) is 42.9 Å². The monoisotopic (exact) mass is 450 g/mol. The van der Waals surface area contributed by atoms with Crippen LogP contribution in [0.25, 0.3) is 0 Å². The zero-order valence-electron chi connectivity index (χ0n) is 19.4. The Bertz CT molecular complexity index is 958. The van der Waals surface area contributed by atoms with E-state index < -0.39 is 0 Å². The summed E-state index contributed by atoms with van der Waals surface area (Å²) >= 11 is 0. The van der Waals surface area contributed by atoms with Crippen LogP contribution >= 0.6 is 0 Å². The van der Waals surface area contributed by atoms with Gasteiger partial charge in [0.25, 0.3) is 11.8 Å². The van der Waals surface area contributed by atoms with Gasteiger partial charge in [-0.25, -0.2) is 0 Å². The predicted molar refractivity (Wildman–Crippen MR) is 129 cm³/mol. The van der Waals surface area contributed by atoms with Crippen LogP contribution < -0.4 is 10.6 Å². The first-order chi connectivity index (χ1) is 16.2. The predicted octanol–water partition coefficient (Wildman–Crippen LogP) is 3.51. The Hall–Kier alpha value is -2.90. The Morgan fingerprint density at radius 3 is 2.73 bits per heavy atom. The van der Waals surface area contributed by atoms with Crippen molar-refractivity contribution in [1.82, 2.24) is 15.1 Å². The van der Waals surface area contributed by atoms with Gasteiger partial charge in [-0.15, -0.1) is 0 Å². The van der Waals surface area contributed by atoms with E-state index in [4.69, 9.17) is 4.74 Å². The molecule has 4 rings (SSSR count). The van der Waals surface area contributed by atoms with Crippen LogP contribution in [0.15, 0.2) is 48.5 Å². The number of likely N-dealkylation sites (tertiary alicyclic amines) is 1. The number of hydrogen-bond acceptors (Lipinski definition) is 5. The summed E-state index contributed by atoms with van der Waals surface area (Å²) in [5, 5.41) is 6.52. The summed E-state index contributed by atoms with van der Waals surface area (Å²) < 4.78 is 5.46. The molecular formula is C26H34N4O3. The molecule has 0 aromatic heterocycles. The lowest BCUT2D eigenvalue weighted by Crippen LogP contribution is -2.34. The van der Waals surface area contributed by atoms with Crippen LogP contribution in [0.3, 0.4) is 0 Å². The maximum absolute atomic E-state index is 13.0. The van der Waals surface area contributed by atoms with Crippen molar-refractivity contribution in [2.75, 3.05) is 51.3 Å². The summed E-state index contributed by atoms with van der Waals surface area (Å²) in [4.78, 5) is 30.0. The number of anilines is 1. The number of nitrogens with zero attached hydrogens (tertiary/aromatic N) is 2. The number of fused-ring (bicyclic) bond motifs is 1. The van der Waals surface area contributed by atoms with E-state index in [1.165, 1.54) is 12.8 Å². The largest absolute Gasteiger partial charge is 0.382 e. The third kappa shape index (κ3) is 5.72. The number of rotatable bonds is 11. The van der Waals surface area contributed by atoms with Gasteiger partial charge in [0.15, 0.2) is 0 Å². The Kier molecular flexibility index (Phi) is 7.96. The molecule has 0 spiro atoms. The number of carbonyl (C=O) groups excluding carboxylic acids is 2. The molecule has 7 heteroatoms. The van der Waals surface area contributed by atoms with E-state index in [1.807, 2.05) is 60.4 Å². The van der Waals surface area contributed by atoms with Crippen LogP contribution in [0.4, 0.5) is 5.69 Å². The van der Waals surface area contributed by atoms with E-state index in [-0.39, 0.29) is 18.0 Å². The summed E-state index contributed by atoms with van der Waals surface area (Å²) in [7, 11) is 0. The molecule has 2 N–H and O–H groups in total. The van der Waals surface area contributed by atoms with Crippen molar-refractivity contribution in [3.05, 3.63) is 65.2 Å². The minimum absolute atomic E-state index is 0.0235. The number of benzene rings is 2. The van der Waals surface area contributed by atoms with Crippen LogP contribution in [0.2, 0.25) is 0 Å². The number of carbonyl (C=O) groups is 2. The summed E-state index contributed by atoms with van der Waals surface area (Å²) in [6.07, 6.45) is 2.99. The number of nitrogens with one attached hydrogen (secondary N) is 2. The fourth-order valence-electron chi connectivity index (χ4n) is 4.58. The lowest BCUT2D eigenvalue weighted by Gasteiger charge is -2.27. The lowest BCUT2D eigenvalue weighted by atomic mass is 10.1. The molecule has 1 unspecified atom stereocenters. The highest BCUT2D eigenvalue weighted by atomic mass is 16.5. The topological polar surface area (TPSA) is 73.9 Å². The molecule has 1 saturated heterocycles. The summed E-state index contributed by atoms with van der Waals surface area (Å²) in [5.41, 5.74) is 3.11. The van der Waals surface area contributed by atoms with Gasteiger partial charge in [0.2, 0.25) is 0 Å². The second-order valence-corrected chi connectivity index (χ2v) is 8.57. The maximum Gasteiger partial charge on any atom is 0.256 e. The Balaban J connectivity index is 1.42. The summed E-state index contributed by atoms with van der Waals surface area (Å²) in [6.45, 7) is 7.64. The van der Waals surface area contributed by atoms with E-state index in [0.29, 0.717) is 31.9 Å². The SMILES string of the molecule is CCOCCCN1C(=O)c2ccccc2C1Nc1cccc(C(=O)NCCN2CCCC2)c1. The van der Waals surface area contributed by atoms with Gasteiger partial charge in [-0.3, -0.25) is 9.59 Å². The van der Waals surface area contributed by atoms with Gasteiger partial charge in [0.05, 0.1) is 0 Å². The van der Waals surface area contributed by atoms with Crippen LogP contribution in [0.5, 0.6) is 0 Å². The molecule has 0 saturated carbocycles. The fraction of sp³-hybridized carbons (Fsp3) is 0.462. The van der Waals surface area contributed by atoms with Crippen LogP contribution in [0.1, 0.15) is 58.6 Å². The van der Waals surface area contributed by atoms with Crippen LogP contribution in [0, 0.1) is 0 Å². The first-order valence-corrected chi connectivity index (χ1v) is 12.0. The molecule has 2 aliphatic heterocycles. The highest BCUT2D eigenvalue weighted by molar-refractivity contribution is 5.99. The molecule has 7 nitrogen and oxygen atoms in total. The molecule has 0 radical (unpaired) electrons. The van der Waals surface area contributed by atoms with Gasteiger partial charge in [-0.1, -0.05) is 24.3 Å². The van der Waals surface area contributed by atoms with Crippen molar-refractivity contribution in [3.63, 3.8) is 0 Å². The van der Waals surface area contributed by atoms with Crippen molar-refractivity contribution in [1.29, 1.82) is 0 Å². The van der Waals surface area contributed by atoms with Crippen molar-refractivity contribution in [3.8, 4) is 0 Å². The standard InChI is InChI=1S/C26H34N4O3/c1-2-33-18-8-16-30-24(22-11-3-4-12-23(22)26(30)32)28-21-10-7-9-20(19-21)25(31)27-13-17-29-14-5-6-15-29/h3-4,7,9-12,19,24,28H,2,5-6,8,13-18H2,1H3,(H,27,31). The van der Waals surface area contributed by atoms with Crippen molar-refractivity contribution in [2.45, 2.75) is 32.4 Å². The van der Waals surface area contributed by atoms with Crippen molar-refractivity contribution >= 4 is 17.5 Å². The van der Waals surface area contributed by atoms with Gasteiger partial charge in [0, 0.05) is 55.2 Å². The molecule has 176 valence electrons. The second kappa shape index (κ2) is 11.3. The van der Waals surface area contributed by atoms with Gasteiger partial charge in [-0.05, 0) is 63.5 Å². The highest BCUT2D eigenvalue weighted by Gasteiger charge is 2.36. The molecule has 33 heavy (non-hydrogen) atoms. The molecule has 1 fully saturated rings. The third-order valence-corrected chi connectivity index (χ3v) is 6.29. The molecule has 2 amide bonds. The molecule has 2 aliphatic rings. The first-order valence-electron chi connectivity index (χ1n) is 12.0. The Morgan fingerprint density at radius 2 is 1.91 bits per heavy atom. The number of hydrogen-bond donors (Lipinski definition) is 2. The van der Waals surface area contributed by atoms with Gasteiger partial charge in [-0.2, -0.15) is 0 Å². The van der Waals surface area contributed by atoms with E-state index in [1.54, 1.807) is 0 Å². The Labute approximate surface area is 196 Å². The van der Waals surface area contributed by atoms with Gasteiger partial charge in [0.1, 0.15) is 6.17 Å². The van der Waals surface area contributed by atoms with E-state index in [2.05, 4.69) is 15.5 Å². The van der Waals surface area contributed by atoms with Gasteiger partial charge < -0.3 is 25.2 Å². The van der Waals surface area contributed by atoms with E-state index in [9.17, 15) is 9.59 Å². The lowest BCUT2D eigenvalue weighted by molar-refractivity contribution is 0.0708. The second-order valence-electron chi connectivity index (χ2n) is 8.57. The van der Waals surface area contributed by atoms with Crippen LogP contribution in [-0.2, 0) is 4.74 Å².